The van der Waals surface area contributed by atoms with E-state index in [1.165, 1.54) is 19.3 Å². The minimum Gasteiger partial charge on any atom is -0.413 e. The average Bonchev–Trinajstić information content (AvgIpc) is 2.22. The van der Waals surface area contributed by atoms with Gasteiger partial charge in [-0.15, -0.1) is 0 Å². The van der Waals surface area contributed by atoms with Gasteiger partial charge >= 0.3 is 0 Å². The molecule has 0 spiro atoms. The van der Waals surface area contributed by atoms with E-state index in [9.17, 15) is 0 Å². The predicted octanol–water partition coefficient (Wildman–Crippen LogP) is 2.55. The molecule has 0 aliphatic rings. The van der Waals surface area contributed by atoms with Gasteiger partial charge in [-0.05, 0) is 32.2 Å². The molecule has 0 amide bonds. The molecule has 0 heterocycles. The number of rotatable bonds is 9. The zero-order chi connectivity index (χ0) is 10.9. The average molecular weight is 214 g/mol. The van der Waals surface area contributed by atoms with E-state index in [0.29, 0.717) is 0 Å². The van der Waals surface area contributed by atoms with E-state index in [1.54, 1.807) is 0 Å². The molecule has 0 saturated heterocycles. The molecule has 14 heavy (non-hydrogen) atoms. The van der Waals surface area contributed by atoms with Crippen LogP contribution in [0.1, 0.15) is 58.8 Å². The van der Waals surface area contributed by atoms with Gasteiger partial charge in [0.1, 0.15) is 0 Å². The molecule has 0 bridgehead atoms. The molecule has 2 nitrogen and oxygen atoms in total. The van der Waals surface area contributed by atoms with Crippen LogP contribution in [0.4, 0.5) is 0 Å². The fourth-order valence-corrected chi connectivity index (χ4v) is 2.21. The van der Waals surface area contributed by atoms with Crippen molar-refractivity contribution in [1.82, 2.24) is 0 Å². The van der Waals surface area contributed by atoms with E-state index < -0.39 is 0 Å². The summed E-state index contributed by atoms with van der Waals surface area (Å²) in [5.74, 6) is 0. The molecule has 1 atom stereocenters. The van der Waals surface area contributed by atoms with Crippen LogP contribution in [0.2, 0.25) is 0 Å². The van der Waals surface area contributed by atoms with Crippen LogP contribution in [0.5, 0.6) is 0 Å². The lowest BCUT2D eigenvalue weighted by atomic mass is 9.87. The summed E-state index contributed by atoms with van der Waals surface area (Å²) in [5.41, 5.74) is 5.57. The second-order valence-electron chi connectivity index (χ2n) is 4.03. The Morgan fingerprint density at radius 2 is 1.71 bits per heavy atom. The second-order valence-corrected chi connectivity index (χ2v) is 4.23. The van der Waals surface area contributed by atoms with Crippen molar-refractivity contribution in [3.63, 3.8) is 0 Å². The quantitative estimate of drug-likeness (QED) is 0.599. The van der Waals surface area contributed by atoms with Gasteiger partial charge in [-0.3, -0.25) is 0 Å². The van der Waals surface area contributed by atoms with Gasteiger partial charge in [0, 0.05) is 0 Å². The predicted molar refractivity (Wildman–Crippen MR) is 62.3 cm³/mol. The first-order chi connectivity index (χ1) is 6.74. The van der Waals surface area contributed by atoms with Crippen molar-refractivity contribution in [3.05, 3.63) is 0 Å². The van der Waals surface area contributed by atoms with Crippen LogP contribution in [0.3, 0.4) is 0 Å². The minimum absolute atomic E-state index is 0.0288. The highest BCUT2D eigenvalue weighted by atomic mass is 28.2. The lowest BCUT2D eigenvalue weighted by Gasteiger charge is -2.33. The third-order valence-corrected chi connectivity index (χ3v) is 3.18. The number of hydrogen-bond donors (Lipinski definition) is 1. The van der Waals surface area contributed by atoms with Crippen molar-refractivity contribution in [1.29, 1.82) is 0 Å². The van der Waals surface area contributed by atoms with Crippen LogP contribution >= 0.6 is 0 Å². The van der Waals surface area contributed by atoms with E-state index in [0.717, 1.165) is 32.2 Å². The Morgan fingerprint density at radius 1 is 1.07 bits per heavy atom. The maximum Gasteiger partial charge on any atom is 0.247 e. The van der Waals surface area contributed by atoms with E-state index >= 15 is 0 Å². The summed E-state index contributed by atoms with van der Waals surface area (Å²) in [4.78, 5) is 0. The third-order valence-electron chi connectivity index (χ3n) is 2.74. The van der Waals surface area contributed by atoms with Crippen LogP contribution in [0.25, 0.3) is 0 Å². The summed E-state index contributed by atoms with van der Waals surface area (Å²) in [7, 11) is 3.24. The van der Waals surface area contributed by atoms with Crippen LogP contribution in [-0.2, 0) is 4.43 Å². The van der Waals surface area contributed by atoms with Crippen LogP contribution in [0, 0.1) is 0 Å². The zero-order valence-electron chi connectivity index (χ0n) is 9.64. The Labute approximate surface area is 92.1 Å². The molecule has 0 saturated carbocycles. The van der Waals surface area contributed by atoms with Gasteiger partial charge in [-0.1, -0.05) is 33.1 Å². The minimum atomic E-state index is 0.0288. The molecular formula is C11H24NOSi. The smallest absolute Gasteiger partial charge is 0.247 e. The van der Waals surface area contributed by atoms with E-state index in [1.807, 2.05) is 0 Å². The summed E-state index contributed by atoms with van der Waals surface area (Å²) in [6, 6.07) is 0. The topological polar surface area (TPSA) is 35.2 Å². The van der Waals surface area contributed by atoms with E-state index in [4.69, 9.17) is 10.2 Å². The molecule has 0 rings (SSSR count). The molecule has 0 aromatic heterocycles. The molecule has 83 valence electrons. The van der Waals surface area contributed by atoms with E-state index in [-0.39, 0.29) is 5.60 Å². The third kappa shape index (κ3) is 5.13. The Morgan fingerprint density at radius 3 is 2.14 bits per heavy atom. The molecular weight excluding hydrogens is 190 g/mol. The molecule has 3 radical (unpaired) electrons. The van der Waals surface area contributed by atoms with Crippen LogP contribution < -0.4 is 5.73 Å². The molecule has 1 unspecified atom stereocenters. The van der Waals surface area contributed by atoms with Crippen LogP contribution in [0.15, 0.2) is 0 Å². The van der Waals surface area contributed by atoms with Crippen molar-refractivity contribution >= 4 is 10.5 Å². The van der Waals surface area contributed by atoms with E-state index in [2.05, 4.69) is 24.3 Å². The van der Waals surface area contributed by atoms with Gasteiger partial charge in [-0.2, -0.15) is 0 Å². The van der Waals surface area contributed by atoms with Gasteiger partial charge in [0.15, 0.2) is 0 Å². The van der Waals surface area contributed by atoms with Crippen molar-refractivity contribution < 1.29 is 4.43 Å². The Balaban J connectivity index is 4.11. The summed E-state index contributed by atoms with van der Waals surface area (Å²) < 4.78 is 5.53. The highest BCUT2D eigenvalue weighted by molar-refractivity contribution is 5.98. The van der Waals surface area contributed by atoms with Crippen molar-refractivity contribution in [2.75, 3.05) is 6.54 Å². The summed E-state index contributed by atoms with van der Waals surface area (Å²) in [5, 5.41) is 0. The largest absolute Gasteiger partial charge is 0.413 e. The fraction of sp³-hybridized carbons (Fsp3) is 1.00. The first kappa shape index (κ1) is 14.1. The van der Waals surface area contributed by atoms with Gasteiger partial charge in [0.05, 0.1) is 5.60 Å². The summed E-state index contributed by atoms with van der Waals surface area (Å²) in [6.07, 6.45) is 8.00. The molecule has 3 heteroatoms. The Hall–Kier alpha value is 0.137. The molecule has 2 N–H and O–H groups in total. The first-order valence-electron chi connectivity index (χ1n) is 5.79. The fourth-order valence-electron chi connectivity index (χ4n) is 1.91. The van der Waals surface area contributed by atoms with Crippen molar-refractivity contribution in [2.45, 2.75) is 64.4 Å². The Bertz CT molecular complexity index is 122. The molecule has 0 aromatic rings. The number of nitrogens with two attached hydrogens (primary N) is 1. The highest BCUT2D eigenvalue weighted by Crippen LogP contribution is 2.29. The lowest BCUT2D eigenvalue weighted by molar-refractivity contribution is 0.0462. The van der Waals surface area contributed by atoms with Crippen molar-refractivity contribution in [2.24, 2.45) is 5.73 Å². The SMILES string of the molecule is CCCCC(CCC)(CCCN)O[Si]. The molecule has 0 aliphatic carbocycles. The lowest BCUT2D eigenvalue weighted by Crippen LogP contribution is -2.32. The molecule has 0 aromatic carbocycles. The first-order valence-corrected chi connectivity index (χ1v) is 6.20. The van der Waals surface area contributed by atoms with Crippen LogP contribution in [-0.4, -0.2) is 22.6 Å². The standard InChI is InChI=1S/C11H24NOSi/c1-3-5-8-11(13-14,7-4-2)9-6-10-12/h3-10,12H2,1-2H3. The summed E-state index contributed by atoms with van der Waals surface area (Å²) >= 11 is 0. The normalized spacial score (nSPS) is 15.4. The van der Waals surface area contributed by atoms with Gasteiger partial charge in [0.25, 0.3) is 0 Å². The summed E-state index contributed by atoms with van der Waals surface area (Å²) in [6.45, 7) is 5.18. The zero-order valence-corrected chi connectivity index (χ0v) is 10.6. The molecule has 0 fully saturated rings. The number of unbranched alkanes of at least 4 members (excludes halogenated alkanes) is 1. The maximum atomic E-state index is 5.54. The highest BCUT2D eigenvalue weighted by Gasteiger charge is 2.26. The second kappa shape index (κ2) is 8.45. The molecule has 0 aliphatic heterocycles. The van der Waals surface area contributed by atoms with Gasteiger partial charge in [0.2, 0.25) is 10.5 Å². The number of hydrogen-bond acceptors (Lipinski definition) is 2. The van der Waals surface area contributed by atoms with Crippen molar-refractivity contribution in [3.8, 4) is 0 Å². The van der Waals surface area contributed by atoms with Gasteiger partial charge in [-0.25, -0.2) is 0 Å². The Kier molecular flexibility index (Phi) is 8.53. The monoisotopic (exact) mass is 214 g/mol. The van der Waals surface area contributed by atoms with Gasteiger partial charge < -0.3 is 10.2 Å². The maximum absolute atomic E-state index is 5.54.